The number of allylic oxidation sites excluding steroid dienone is 2. The summed E-state index contributed by atoms with van der Waals surface area (Å²) in [5.74, 6) is -2.32. The van der Waals surface area contributed by atoms with Crippen LogP contribution in [0.25, 0.3) is 0 Å². The molecule has 9 heteroatoms. The van der Waals surface area contributed by atoms with Gasteiger partial charge >= 0.3 is 5.97 Å². The van der Waals surface area contributed by atoms with Crippen LogP contribution in [0.2, 0.25) is 0 Å². The van der Waals surface area contributed by atoms with Crippen molar-refractivity contribution in [2.24, 2.45) is 17.8 Å². The third kappa shape index (κ3) is 4.62. The molecule has 1 spiro atoms. The molecule has 9 nitrogen and oxygen atoms in total. The SMILES string of the molecule is CC1=C[C@H]2C(=O)O[C@H]3C[C@@H](C[C@@H]4O[C@@]4(C)[C@H](O)[C@@H](C)/C=C/C=C4\CO[C@H]([C@@H]1O)[C@@]42O)O[C@@]1(CC[C@H](C)C(C)O1)C3. The Morgan fingerprint density at radius 2 is 1.82 bits per heavy atom. The quantitative estimate of drug-likeness (QED) is 0.233. The summed E-state index contributed by atoms with van der Waals surface area (Å²) in [6, 6.07) is 0. The third-order valence-corrected chi connectivity index (χ3v) is 10.4. The number of hydrogen-bond acceptors (Lipinski definition) is 9. The first kappa shape index (κ1) is 28.5. The van der Waals surface area contributed by atoms with E-state index in [-0.39, 0.29) is 30.8 Å². The summed E-state index contributed by atoms with van der Waals surface area (Å²) in [6.07, 6.45) is 6.22. The molecule has 4 fully saturated rings. The van der Waals surface area contributed by atoms with E-state index in [4.69, 9.17) is 23.7 Å². The second-order valence-corrected chi connectivity index (χ2v) is 13.3. The van der Waals surface area contributed by atoms with Crippen molar-refractivity contribution in [1.29, 1.82) is 0 Å². The standard InChI is InChI=1S/C31H44O9/c1-16-9-10-30(38-19(16)4)14-22-12-21(39-30)13-24-29(5,40-24)26(33)17(2)7-6-8-20-15-36-27-25(32)18(3)11-23(28(34)37-22)31(20,27)35/h6-8,11,16-17,19,21-27,32-33,35H,9-10,12-15H2,1-5H3/b7-6+,20-8+/t16-,17-,19?,21-,22-,23-,24-,25+,26+,27+,29+,30-,31+/m0/s1. The van der Waals surface area contributed by atoms with Gasteiger partial charge in [0.25, 0.3) is 0 Å². The van der Waals surface area contributed by atoms with Crippen LogP contribution in [0.1, 0.15) is 66.7 Å². The van der Waals surface area contributed by atoms with Gasteiger partial charge in [-0.3, -0.25) is 4.79 Å². The molecule has 1 unspecified atom stereocenters. The monoisotopic (exact) mass is 560 g/mol. The highest BCUT2D eigenvalue weighted by Gasteiger charge is 2.62. The topological polar surface area (TPSA) is 127 Å². The lowest BCUT2D eigenvalue weighted by Crippen LogP contribution is -2.58. The summed E-state index contributed by atoms with van der Waals surface area (Å²) >= 11 is 0. The van der Waals surface area contributed by atoms with Crippen LogP contribution in [-0.4, -0.2) is 87.6 Å². The van der Waals surface area contributed by atoms with Crippen LogP contribution in [-0.2, 0) is 28.5 Å². The number of carbonyl (C=O) groups excluding carboxylic acids is 1. The Bertz CT molecular complexity index is 1120. The maximum absolute atomic E-state index is 13.9. The number of rotatable bonds is 0. The fourth-order valence-corrected chi connectivity index (χ4v) is 7.53. The number of aliphatic hydroxyl groups is 3. The molecule has 40 heavy (non-hydrogen) atoms. The first-order valence-electron chi connectivity index (χ1n) is 14.9. The molecule has 5 aliphatic heterocycles. The Balaban J connectivity index is 1.37. The normalized spacial score (nSPS) is 54.9. The van der Waals surface area contributed by atoms with Crippen LogP contribution in [0.4, 0.5) is 0 Å². The number of aliphatic hydroxyl groups excluding tert-OH is 2. The van der Waals surface area contributed by atoms with E-state index in [0.29, 0.717) is 42.7 Å². The number of carbonyl (C=O) groups is 1. The van der Waals surface area contributed by atoms with Crippen molar-refractivity contribution in [3.8, 4) is 0 Å². The Kier molecular flexibility index (Phi) is 7.13. The summed E-state index contributed by atoms with van der Waals surface area (Å²) in [4.78, 5) is 13.9. The van der Waals surface area contributed by atoms with E-state index in [9.17, 15) is 20.1 Å². The second kappa shape index (κ2) is 10.0. The fraction of sp³-hybridized carbons (Fsp3) is 0.774. The van der Waals surface area contributed by atoms with Crippen molar-refractivity contribution in [3.05, 3.63) is 35.5 Å². The first-order chi connectivity index (χ1) is 18.9. The molecule has 0 radical (unpaired) electrons. The van der Waals surface area contributed by atoms with Gasteiger partial charge in [-0.2, -0.15) is 0 Å². The van der Waals surface area contributed by atoms with Gasteiger partial charge in [-0.25, -0.2) is 0 Å². The van der Waals surface area contributed by atoms with Gasteiger partial charge in [0.05, 0.1) is 31.0 Å². The smallest absolute Gasteiger partial charge is 0.316 e. The molecule has 0 aromatic heterocycles. The molecule has 2 bridgehead atoms. The lowest BCUT2D eigenvalue weighted by molar-refractivity contribution is -0.333. The Morgan fingerprint density at radius 3 is 2.58 bits per heavy atom. The molecular weight excluding hydrogens is 516 g/mol. The van der Waals surface area contributed by atoms with E-state index >= 15 is 0 Å². The molecular formula is C31H44O9. The number of ether oxygens (including phenoxy) is 5. The van der Waals surface area contributed by atoms with Gasteiger partial charge in [-0.15, -0.1) is 0 Å². The lowest BCUT2D eigenvalue weighted by Gasteiger charge is -2.49. The van der Waals surface area contributed by atoms with Crippen molar-refractivity contribution in [2.75, 3.05) is 6.61 Å². The molecule has 13 atom stereocenters. The van der Waals surface area contributed by atoms with Gasteiger partial charge in [-0.1, -0.05) is 38.2 Å². The number of fused-ring (bicyclic) bond motifs is 3. The number of esters is 1. The van der Waals surface area contributed by atoms with Gasteiger partial charge in [-0.05, 0) is 44.3 Å². The van der Waals surface area contributed by atoms with E-state index in [0.717, 1.165) is 6.42 Å². The summed E-state index contributed by atoms with van der Waals surface area (Å²) in [5, 5.41) is 34.1. The number of epoxide rings is 1. The average Bonchev–Trinajstić information content (AvgIpc) is 3.42. The maximum atomic E-state index is 13.9. The van der Waals surface area contributed by atoms with Crippen LogP contribution in [0.3, 0.4) is 0 Å². The molecule has 0 amide bonds. The molecule has 0 aromatic rings. The first-order valence-corrected chi connectivity index (χ1v) is 14.9. The molecule has 0 saturated carbocycles. The van der Waals surface area contributed by atoms with Gasteiger partial charge in [0, 0.05) is 31.6 Å². The Morgan fingerprint density at radius 1 is 1.05 bits per heavy atom. The van der Waals surface area contributed by atoms with E-state index in [1.165, 1.54) is 0 Å². The molecule has 6 aliphatic rings. The van der Waals surface area contributed by atoms with Crippen LogP contribution >= 0.6 is 0 Å². The molecule has 3 N–H and O–H groups in total. The largest absolute Gasteiger partial charge is 0.462 e. The van der Waals surface area contributed by atoms with Gasteiger partial charge in [0.15, 0.2) is 5.79 Å². The Labute approximate surface area is 236 Å². The molecule has 222 valence electrons. The van der Waals surface area contributed by atoms with Crippen LogP contribution in [0.15, 0.2) is 35.5 Å². The second-order valence-electron chi connectivity index (χ2n) is 13.3. The highest BCUT2D eigenvalue weighted by Crippen LogP contribution is 2.50. The van der Waals surface area contributed by atoms with Crippen molar-refractivity contribution < 1.29 is 43.8 Å². The minimum atomic E-state index is -1.76. The molecule has 1 aliphatic carbocycles. The zero-order chi connectivity index (χ0) is 28.6. The van der Waals surface area contributed by atoms with Crippen LogP contribution < -0.4 is 0 Å². The van der Waals surface area contributed by atoms with Gasteiger partial charge in [0.1, 0.15) is 35.4 Å². The predicted octanol–water partition coefficient (Wildman–Crippen LogP) is 2.72. The minimum Gasteiger partial charge on any atom is -0.462 e. The summed E-state index contributed by atoms with van der Waals surface area (Å²) < 4.78 is 31.3. The highest BCUT2D eigenvalue weighted by molar-refractivity contribution is 5.78. The van der Waals surface area contributed by atoms with Crippen molar-refractivity contribution in [2.45, 2.75) is 126 Å². The fourth-order valence-electron chi connectivity index (χ4n) is 7.53. The zero-order valence-corrected chi connectivity index (χ0v) is 24.1. The zero-order valence-electron chi connectivity index (χ0n) is 24.1. The summed E-state index contributed by atoms with van der Waals surface area (Å²) in [7, 11) is 0. The third-order valence-electron chi connectivity index (χ3n) is 10.4. The molecule has 0 aromatic carbocycles. The maximum Gasteiger partial charge on any atom is 0.316 e. The average molecular weight is 561 g/mol. The van der Waals surface area contributed by atoms with Crippen LogP contribution in [0, 0.1) is 17.8 Å². The highest BCUT2D eigenvalue weighted by atomic mass is 16.7. The van der Waals surface area contributed by atoms with E-state index < -0.39 is 53.3 Å². The molecule has 4 saturated heterocycles. The van der Waals surface area contributed by atoms with Crippen LogP contribution in [0.5, 0.6) is 0 Å². The van der Waals surface area contributed by atoms with E-state index in [1.807, 2.05) is 19.9 Å². The minimum absolute atomic E-state index is 0.00572. The van der Waals surface area contributed by atoms with Gasteiger partial charge in [0.2, 0.25) is 0 Å². The molecule has 6 rings (SSSR count). The Hall–Kier alpha value is -1.59. The summed E-state index contributed by atoms with van der Waals surface area (Å²) in [6.45, 7) is 9.86. The van der Waals surface area contributed by atoms with Crippen molar-refractivity contribution in [3.63, 3.8) is 0 Å². The van der Waals surface area contributed by atoms with E-state index in [2.05, 4.69) is 13.8 Å². The predicted molar refractivity (Wildman–Crippen MR) is 144 cm³/mol. The lowest BCUT2D eigenvalue weighted by atomic mass is 9.71. The van der Waals surface area contributed by atoms with Gasteiger partial charge < -0.3 is 39.0 Å². The summed E-state index contributed by atoms with van der Waals surface area (Å²) in [5.41, 5.74) is -1.43. The number of hydrogen-bond donors (Lipinski definition) is 3. The van der Waals surface area contributed by atoms with Crippen molar-refractivity contribution >= 4 is 5.97 Å². The molecule has 5 heterocycles. The van der Waals surface area contributed by atoms with E-state index in [1.54, 1.807) is 25.2 Å². The van der Waals surface area contributed by atoms with Crippen molar-refractivity contribution in [1.82, 2.24) is 0 Å².